The van der Waals surface area contributed by atoms with Crippen LogP contribution in [0.3, 0.4) is 0 Å². The lowest BCUT2D eigenvalue weighted by Crippen LogP contribution is -2.52. The van der Waals surface area contributed by atoms with Gasteiger partial charge in [0.15, 0.2) is 5.92 Å². The minimum Gasteiger partial charge on any atom is -0.468 e. The Morgan fingerprint density at radius 1 is 1.19 bits per heavy atom. The summed E-state index contributed by atoms with van der Waals surface area (Å²) in [6.45, 7) is 2.26. The summed E-state index contributed by atoms with van der Waals surface area (Å²) in [5, 5.41) is 0. The summed E-state index contributed by atoms with van der Waals surface area (Å²) < 4.78 is 14.1. The molecule has 1 heterocycles. The molecule has 1 atom stereocenters. The van der Waals surface area contributed by atoms with Gasteiger partial charge in [-0.15, -0.1) is 0 Å². The van der Waals surface area contributed by atoms with Crippen LogP contribution in [-0.4, -0.2) is 56.8 Å². The quantitative estimate of drug-likeness (QED) is 0.335. The average molecular weight is 299 g/mol. The summed E-state index contributed by atoms with van der Waals surface area (Å²) >= 11 is 0. The lowest BCUT2D eigenvalue weighted by molar-refractivity contribution is -0.161. The van der Waals surface area contributed by atoms with Gasteiger partial charge in [-0.1, -0.05) is 18.6 Å². The van der Waals surface area contributed by atoms with E-state index in [4.69, 9.17) is 14.2 Å². The molecule has 0 radical (unpaired) electrons. The zero-order chi connectivity index (χ0) is 16.0. The van der Waals surface area contributed by atoms with E-state index in [2.05, 4.69) is 0 Å². The van der Waals surface area contributed by atoms with Crippen molar-refractivity contribution in [2.24, 2.45) is 5.92 Å². The van der Waals surface area contributed by atoms with Crippen LogP contribution in [0.15, 0.2) is 11.6 Å². The van der Waals surface area contributed by atoms with Gasteiger partial charge in [0.05, 0.1) is 27.4 Å². The Balaban J connectivity index is 3.26. The number of nitrogens with zero attached hydrogens (tertiary/aromatic N) is 1. The highest BCUT2D eigenvalue weighted by Gasteiger charge is 2.44. The molecule has 0 aromatic heterocycles. The molecule has 118 valence electrons. The highest BCUT2D eigenvalue weighted by molar-refractivity contribution is 5.96. The van der Waals surface area contributed by atoms with E-state index in [-0.39, 0.29) is 0 Å². The molecule has 0 saturated heterocycles. The fourth-order valence-electron chi connectivity index (χ4n) is 2.53. The molecule has 7 nitrogen and oxygen atoms in total. The van der Waals surface area contributed by atoms with Crippen molar-refractivity contribution in [3.05, 3.63) is 11.6 Å². The van der Waals surface area contributed by atoms with Crippen molar-refractivity contribution in [2.75, 3.05) is 27.9 Å². The van der Waals surface area contributed by atoms with E-state index < -0.39 is 30.0 Å². The van der Waals surface area contributed by atoms with Crippen LogP contribution in [0.2, 0.25) is 0 Å². The minimum absolute atomic E-state index is 0.366. The second kappa shape index (κ2) is 7.66. The molecule has 0 aromatic rings. The van der Waals surface area contributed by atoms with Crippen LogP contribution in [0.25, 0.3) is 0 Å². The molecule has 1 aliphatic rings. The van der Waals surface area contributed by atoms with Gasteiger partial charge in [0, 0.05) is 6.54 Å². The maximum absolute atomic E-state index is 12.0. The van der Waals surface area contributed by atoms with Crippen molar-refractivity contribution in [1.82, 2.24) is 4.90 Å². The van der Waals surface area contributed by atoms with Gasteiger partial charge in [-0.25, -0.2) is 4.79 Å². The molecule has 0 aromatic carbocycles. The van der Waals surface area contributed by atoms with E-state index in [1.54, 1.807) is 0 Å². The van der Waals surface area contributed by atoms with Crippen LogP contribution < -0.4 is 0 Å². The largest absolute Gasteiger partial charge is 0.468 e. The van der Waals surface area contributed by atoms with Crippen molar-refractivity contribution in [3.63, 3.8) is 0 Å². The van der Waals surface area contributed by atoms with Crippen LogP contribution in [0, 0.1) is 5.92 Å². The van der Waals surface area contributed by atoms with Gasteiger partial charge < -0.3 is 14.2 Å². The lowest BCUT2D eigenvalue weighted by Gasteiger charge is -2.37. The van der Waals surface area contributed by atoms with Gasteiger partial charge in [-0.2, -0.15) is 0 Å². The summed E-state index contributed by atoms with van der Waals surface area (Å²) in [4.78, 5) is 37.3. The van der Waals surface area contributed by atoms with E-state index in [0.717, 1.165) is 5.57 Å². The molecule has 1 rings (SSSR count). The summed E-state index contributed by atoms with van der Waals surface area (Å²) in [6.07, 6.45) is 2.59. The number of carbonyl (C=O) groups excluding carboxylic acids is 3. The number of rotatable bonds is 4. The van der Waals surface area contributed by atoms with E-state index in [1.807, 2.05) is 13.0 Å². The van der Waals surface area contributed by atoms with Crippen molar-refractivity contribution in [2.45, 2.75) is 25.8 Å². The Morgan fingerprint density at radius 2 is 1.76 bits per heavy atom. The van der Waals surface area contributed by atoms with Gasteiger partial charge >= 0.3 is 18.0 Å². The van der Waals surface area contributed by atoms with Crippen molar-refractivity contribution < 1.29 is 28.6 Å². The summed E-state index contributed by atoms with van der Waals surface area (Å²) in [7, 11) is 3.65. The highest BCUT2D eigenvalue weighted by Crippen LogP contribution is 2.29. The smallest absolute Gasteiger partial charge is 0.410 e. The molecule has 0 N–H and O–H groups in total. The van der Waals surface area contributed by atoms with Gasteiger partial charge in [0.25, 0.3) is 0 Å². The number of esters is 2. The highest BCUT2D eigenvalue weighted by atomic mass is 16.6. The van der Waals surface area contributed by atoms with E-state index in [1.165, 1.54) is 26.2 Å². The number of carbonyl (C=O) groups is 3. The van der Waals surface area contributed by atoms with Gasteiger partial charge in [-0.05, 0) is 12.8 Å². The van der Waals surface area contributed by atoms with E-state index >= 15 is 0 Å². The Bertz CT molecular complexity index is 429. The first kappa shape index (κ1) is 17.0. The van der Waals surface area contributed by atoms with Gasteiger partial charge in [0.1, 0.15) is 0 Å². The van der Waals surface area contributed by atoms with Crippen LogP contribution in [0.5, 0.6) is 0 Å². The first-order chi connectivity index (χ1) is 10.0. The Labute approximate surface area is 123 Å². The first-order valence-electron chi connectivity index (χ1n) is 6.70. The van der Waals surface area contributed by atoms with Crippen LogP contribution >= 0.6 is 0 Å². The number of hydrogen-bond donors (Lipinski definition) is 0. The minimum atomic E-state index is -1.22. The van der Waals surface area contributed by atoms with Crippen molar-refractivity contribution in [3.8, 4) is 0 Å². The molecule has 0 bridgehead atoms. The normalized spacial score (nSPS) is 18.0. The van der Waals surface area contributed by atoms with Crippen LogP contribution in [-0.2, 0) is 23.8 Å². The van der Waals surface area contributed by atoms with E-state index in [9.17, 15) is 14.4 Å². The van der Waals surface area contributed by atoms with Crippen LogP contribution in [0.1, 0.15) is 19.8 Å². The molecule has 1 unspecified atom stereocenters. The maximum Gasteiger partial charge on any atom is 0.410 e. The zero-order valence-corrected chi connectivity index (χ0v) is 12.8. The molecule has 0 aliphatic carbocycles. The summed E-state index contributed by atoms with van der Waals surface area (Å²) in [5.74, 6) is -2.69. The zero-order valence-electron chi connectivity index (χ0n) is 12.8. The Hall–Kier alpha value is -2.05. The first-order valence-corrected chi connectivity index (χ1v) is 6.70. The standard InChI is InChI=1S/C14H21NO6/c1-5-9-7-6-8-15(14(18)21-4)11(9)10(12(16)19-2)13(17)20-3/h7,10-11H,5-6,8H2,1-4H3. The predicted molar refractivity (Wildman–Crippen MR) is 73.4 cm³/mol. The average Bonchev–Trinajstić information content (AvgIpc) is 2.53. The Kier molecular flexibility index (Phi) is 6.20. The SMILES string of the molecule is CCC1=CCCN(C(=O)OC)C1C(C(=O)OC)C(=O)OC. The fourth-order valence-corrected chi connectivity index (χ4v) is 2.53. The molecular weight excluding hydrogens is 278 g/mol. The van der Waals surface area contributed by atoms with Crippen LogP contribution in [0.4, 0.5) is 4.79 Å². The third-order valence-electron chi connectivity index (χ3n) is 3.54. The molecule has 21 heavy (non-hydrogen) atoms. The molecular formula is C14H21NO6. The number of amides is 1. The topological polar surface area (TPSA) is 82.1 Å². The van der Waals surface area contributed by atoms with E-state index in [0.29, 0.717) is 19.4 Å². The summed E-state index contributed by atoms with van der Waals surface area (Å²) in [6, 6.07) is -0.740. The molecule has 0 fully saturated rings. The third-order valence-corrected chi connectivity index (χ3v) is 3.54. The van der Waals surface area contributed by atoms with Crippen molar-refractivity contribution >= 4 is 18.0 Å². The van der Waals surface area contributed by atoms with Gasteiger partial charge in [0.2, 0.25) is 0 Å². The number of ether oxygens (including phenoxy) is 3. The molecule has 7 heteroatoms. The summed E-state index contributed by atoms with van der Waals surface area (Å²) in [5.41, 5.74) is 0.812. The number of methoxy groups -OCH3 is 3. The fraction of sp³-hybridized carbons (Fsp3) is 0.643. The van der Waals surface area contributed by atoms with Crippen molar-refractivity contribution in [1.29, 1.82) is 0 Å². The molecule has 0 spiro atoms. The molecule has 1 aliphatic heterocycles. The lowest BCUT2D eigenvalue weighted by atomic mass is 9.87. The third kappa shape index (κ3) is 3.53. The second-order valence-corrected chi connectivity index (χ2v) is 4.55. The number of hydrogen-bond acceptors (Lipinski definition) is 6. The molecule has 0 saturated carbocycles. The maximum atomic E-state index is 12.0. The monoisotopic (exact) mass is 299 g/mol. The molecule has 1 amide bonds. The predicted octanol–water partition coefficient (Wildman–Crippen LogP) is 1.13. The second-order valence-electron chi connectivity index (χ2n) is 4.55. The Morgan fingerprint density at radius 3 is 2.19 bits per heavy atom. The van der Waals surface area contributed by atoms with Gasteiger partial charge in [-0.3, -0.25) is 14.5 Å².